The van der Waals surface area contributed by atoms with Crippen LogP contribution in [0.2, 0.25) is 0 Å². The lowest BCUT2D eigenvalue weighted by molar-refractivity contribution is 0.509. The van der Waals surface area contributed by atoms with Crippen molar-refractivity contribution in [3.8, 4) is 0 Å². The highest BCUT2D eigenvalue weighted by Crippen LogP contribution is 2.49. The van der Waals surface area contributed by atoms with Gasteiger partial charge in [0.05, 0.1) is 0 Å². The number of piperidine rings is 1. The van der Waals surface area contributed by atoms with Gasteiger partial charge in [0.25, 0.3) is 0 Å². The molecule has 1 N–H and O–H groups in total. The molecule has 0 bridgehead atoms. The molecular formula is C10H15N3. The molecule has 0 spiro atoms. The largest absolute Gasteiger partial charge is 0.335 e. The summed E-state index contributed by atoms with van der Waals surface area (Å²) < 4.78 is 2.28. The maximum Gasteiger partial charge on any atom is 0.105 e. The van der Waals surface area contributed by atoms with Crippen LogP contribution in [0.3, 0.4) is 0 Å². The van der Waals surface area contributed by atoms with Crippen LogP contribution >= 0.6 is 0 Å². The first kappa shape index (κ1) is 7.56. The minimum absolute atomic E-state index is 0.925. The summed E-state index contributed by atoms with van der Waals surface area (Å²) in [4.78, 5) is 4.24. The van der Waals surface area contributed by atoms with Gasteiger partial charge >= 0.3 is 0 Å². The Kier molecular flexibility index (Phi) is 1.50. The Morgan fingerprint density at radius 3 is 2.92 bits per heavy atom. The summed E-state index contributed by atoms with van der Waals surface area (Å²) in [6, 6.07) is 0. The molecule has 2 heterocycles. The van der Waals surface area contributed by atoms with Crippen molar-refractivity contribution in [1.82, 2.24) is 14.9 Å². The number of nitrogens with zero attached hydrogens (tertiary/aromatic N) is 2. The van der Waals surface area contributed by atoms with Gasteiger partial charge in [0.15, 0.2) is 0 Å². The maximum absolute atomic E-state index is 4.24. The van der Waals surface area contributed by atoms with E-state index in [1.807, 2.05) is 6.20 Å². The Morgan fingerprint density at radius 2 is 2.31 bits per heavy atom. The number of fused-ring (bicyclic) bond motifs is 1. The third-order valence-electron chi connectivity index (χ3n) is 3.60. The zero-order valence-electron chi connectivity index (χ0n) is 7.90. The smallest absolute Gasteiger partial charge is 0.105 e. The van der Waals surface area contributed by atoms with Gasteiger partial charge in [-0.25, -0.2) is 4.98 Å². The number of nitrogens with one attached hydrogen (secondary N) is 1. The maximum atomic E-state index is 4.24. The van der Waals surface area contributed by atoms with Crippen LogP contribution in [0.15, 0.2) is 12.4 Å². The van der Waals surface area contributed by atoms with Crippen LogP contribution in [0.4, 0.5) is 0 Å². The van der Waals surface area contributed by atoms with Gasteiger partial charge in [-0.3, -0.25) is 0 Å². The van der Waals surface area contributed by atoms with Crippen LogP contribution in [0.25, 0.3) is 0 Å². The Bertz CT molecular complexity index is 308. The predicted molar refractivity (Wildman–Crippen MR) is 50.3 cm³/mol. The summed E-state index contributed by atoms with van der Waals surface area (Å²) in [5.74, 6) is 4.00. The molecule has 13 heavy (non-hydrogen) atoms. The van der Waals surface area contributed by atoms with E-state index in [1.54, 1.807) is 0 Å². The number of rotatable bonds is 2. The van der Waals surface area contributed by atoms with Crippen molar-refractivity contribution < 1.29 is 0 Å². The molecule has 1 aromatic heterocycles. The summed E-state index contributed by atoms with van der Waals surface area (Å²) in [6.07, 6.45) is 3.99. The van der Waals surface area contributed by atoms with E-state index in [0.29, 0.717) is 0 Å². The molecule has 70 valence electrons. The standard InChI is InChI=1S/C10H15N3/c1-7-12-2-3-13(7)6-10-8-4-11-5-9(8)10/h2-3,8-11H,4-6H2,1H3. The average molecular weight is 177 g/mol. The van der Waals surface area contributed by atoms with Crippen molar-refractivity contribution in [1.29, 1.82) is 0 Å². The van der Waals surface area contributed by atoms with Gasteiger partial charge in [0.2, 0.25) is 0 Å². The first-order valence-electron chi connectivity index (χ1n) is 5.05. The van der Waals surface area contributed by atoms with Crippen LogP contribution in [-0.2, 0) is 6.54 Å². The van der Waals surface area contributed by atoms with Crippen LogP contribution in [0.1, 0.15) is 5.82 Å². The summed E-state index contributed by atoms with van der Waals surface area (Å²) in [5, 5.41) is 3.42. The van der Waals surface area contributed by atoms with E-state index < -0.39 is 0 Å². The van der Waals surface area contributed by atoms with Crippen LogP contribution < -0.4 is 5.32 Å². The van der Waals surface area contributed by atoms with Crippen molar-refractivity contribution >= 4 is 0 Å². The number of aryl methyl sites for hydroxylation is 1. The molecule has 3 rings (SSSR count). The van der Waals surface area contributed by atoms with E-state index in [9.17, 15) is 0 Å². The molecule has 1 saturated carbocycles. The van der Waals surface area contributed by atoms with Gasteiger partial charge in [0, 0.05) is 18.9 Å². The van der Waals surface area contributed by atoms with Gasteiger partial charge in [-0.2, -0.15) is 0 Å². The lowest BCUT2D eigenvalue weighted by Gasteiger charge is -2.06. The Hall–Kier alpha value is -0.830. The molecule has 3 heteroatoms. The molecule has 2 unspecified atom stereocenters. The van der Waals surface area contributed by atoms with Gasteiger partial charge in [-0.1, -0.05) is 0 Å². The van der Waals surface area contributed by atoms with E-state index in [1.165, 1.54) is 19.6 Å². The molecule has 0 aromatic carbocycles. The fourth-order valence-corrected chi connectivity index (χ4v) is 2.64. The van der Waals surface area contributed by atoms with E-state index in [-0.39, 0.29) is 0 Å². The Labute approximate surface area is 78.2 Å². The zero-order valence-corrected chi connectivity index (χ0v) is 7.90. The molecule has 2 atom stereocenters. The summed E-state index contributed by atoms with van der Waals surface area (Å²) in [7, 11) is 0. The SMILES string of the molecule is Cc1nccn1CC1C2CNCC21. The molecular weight excluding hydrogens is 162 g/mol. The average Bonchev–Trinajstić information content (AvgIpc) is 2.57. The van der Waals surface area contributed by atoms with E-state index in [4.69, 9.17) is 0 Å². The third-order valence-corrected chi connectivity index (χ3v) is 3.60. The van der Waals surface area contributed by atoms with Crippen molar-refractivity contribution in [2.24, 2.45) is 17.8 Å². The molecule has 1 aliphatic heterocycles. The van der Waals surface area contributed by atoms with Crippen LogP contribution in [0, 0.1) is 24.7 Å². The summed E-state index contributed by atoms with van der Waals surface area (Å²) >= 11 is 0. The quantitative estimate of drug-likeness (QED) is 0.719. The molecule has 1 aliphatic carbocycles. The molecule has 0 amide bonds. The monoisotopic (exact) mass is 177 g/mol. The number of hydrogen-bond donors (Lipinski definition) is 1. The van der Waals surface area contributed by atoms with Crippen molar-refractivity contribution in [2.45, 2.75) is 13.5 Å². The van der Waals surface area contributed by atoms with E-state index in [0.717, 1.165) is 23.6 Å². The predicted octanol–water partition coefficient (Wildman–Crippen LogP) is 0.657. The Morgan fingerprint density at radius 1 is 1.54 bits per heavy atom. The lowest BCUT2D eigenvalue weighted by atomic mass is 10.3. The second-order valence-electron chi connectivity index (χ2n) is 4.28. The highest BCUT2D eigenvalue weighted by molar-refractivity contribution is 5.05. The second-order valence-corrected chi connectivity index (χ2v) is 4.28. The molecule has 2 aliphatic rings. The van der Waals surface area contributed by atoms with E-state index >= 15 is 0 Å². The van der Waals surface area contributed by atoms with Crippen LogP contribution in [0.5, 0.6) is 0 Å². The fourth-order valence-electron chi connectivity index (χ4n) is 2.64. The van der Waals surface area contributed by atoms with Crippen molar-refractivity contribution in [3.63, 3.8) is 0 Å². The van der Waals surface area contributed by atoms with Crippen molar-refractivity contribution in [2.75, 3.05) is 13.1 Å². The minimum Gasteiger partial charge on any atom is -0.335 e. The molecule has 1 saturated heterocycles. The summed E-state index contributed by atoms with van der Waals surface area (Å²) in [5.41, 5.74) is 0. The number of imidazole rings is 1. The van der Waals surface area contributed by atoms with Gasteiger partial charge in [0.1, 0.15) is 5.82 Å². The number of aromatic nitrogens is 2. The third kappa shape index (κ3) is 1.10. The first-order valence-corrected chi connectivity index (χ1v) is 5.05. The highest BCUT2D eigenvalue weighted by atomic mass is 15.1. The highest BCUT2D eigenvalue weighted by Gasteiger charge is 2.52. The van der Waals surface area contributed by atoms with Crippen LogP contribution in [-0.4, -0.2) is 22.6 Å². The van der Waals surface area contributed by atoms with E-state index in [2.05, 4.69) is 28.0 Å². The van der Waals surface area contributed by atoms with Crippen molar-refractivity contribution in [3.05, 3.63) is 18.2 Å². The number of hydrogen-bond acceptors (Lipinski definition) is 2. The normalized spacial score (nSPS) is 36.2. The Balaban J connectivity index is 1.68. The fraction of sp³-hybridized carbons (Fsp3) is 0.700. The topological polar surface area (TPSA) is 29.9 Å². The zero-order chi connectivity index (χ0) is 8.84. The molecule has 0 radical (unpaired) electrons. The summed E-state index contributed by atoms with van der Waals surface area (Å²) in [6.45, 7) is 5.74. The molecule has 1 aromatic rings. The van der Waals surface area contributed by atoms with Gasteiger partial charge in [-0.05, 0) is 37.8 Å². The first-order chi connectivity index (χ1) is 6.36. The lowest BCUT2D eigenvalue weighted by Crippen LogP contribution is -2.17. The van der Waals surface area contributed by atoms with Gasteiger partial charge in [-0.15, -0.1) is 0 Å². The molecule has 2 fully saturated rings. The second kappa shape index (κ2) is 2.58. The minimum atomic E-state index is 0.925. The molecule has 3 nitrogen and oxygen atoms in total. The van der Waals surface area contributed by atoms with Gasteiger partial charge < -0.3 is 9.88 Å².